The monoisotopic (exact) mass is 312 g/mol. The van der Waals surface area contributed by atoms with E-state index in [1.807, 2.05) is 30.5 Å². The quantitative estimate of drug-likeness (QED) is 0.702. The lowest BCUT2D eigenvalue weighted by Crippen LogP contribution is -2.21. The molecule has 0 spiro atoms. The van der Waals surface area contributed by atoms with Gasteiger partial charge in [0, 0.05) is 29.0 Å². The fraction of sp³-hybridized carbons (Fsp3) is 0.111. The Morgan fingerprint density at radius 1 is 1.09 bits per heavy atom. The number of benzene rings is 2. The molecule has 0 amide bonds. The van der Waals surface area contributed by atoms with E-state index in [0.717, 1.165) is 27.5 Å². The van der Waals surface area contributed by atoms with Crippen molar-refractivity contribution < 1.29 is 4.39 Å². The van der Waals surface area contributed by atoms with Gasteiger partial charge in [0.15, 0.2) is 0 Å². The largest absolute Gasteiger partial charge is 0.319 e. The number of hydrogen-bond acceptors (Lipinski definition) is 1. The van der Waals surface area contributed by atoms with Crippen LogP contribution in [0.5, 0.6) is 0 Å². The maximum atomic E-state index is 13.6. The van der Waals surface area contributed by atoms with Crippen molar-refractivity contribution in [1.29, 1.82) is 0 Å². The van der Waals surface area contributed by atoms with E-state index in [-0.39, 0.29) is 11.9 Å². The number of nitrogens with zero attached hydrogens (tertiary/aromatic N) is 1. The van der Waals surface area contributed by atoms with Crippen molar-refractivity contribution in [2.24, 2.45) is 0 Å². The van der Waals surface area contributed by atoms with Crippen LogP contribution in [0, 0.1) is 5.82 Å². The highest BCUT2D eigenvalue weighted by atomic mass is 35.5. The van der Waals surface area contributed by atoms with Crippen molar-refractivity contribution in [3.05, 3.63) is 88.5 Å². The SMILES string of the molecule is Fc1cccc(C2NCc3c(Cl)cccc3-n3cccc32)c1. The van der Waals surface area contributed by atoms with E-state index in [2.05, 4.69) is 22.0 Å². The number of fused-ring (bicyclic) bond motifs is 3. The molecule has 0 saturated carbocycles. The van der Waals surface area contributed by atoms with Crippen molar-refractivity contribution in [3.8, 4) is 5.69 Å². The van der Waals surface area contributed by atoms with Crippen LogP contribution < -0.4 is 5.32 Å². The van der Waals surface area contributed by atoms with Crippen molar-refractivity contribution in [1.82, 2.24) is 9.88 Å². The lowest BCUT2D eigenvalue weighted by atomic mass is 10.0. The van der Waals surface area contributed by atoms with Gasteiger partial charge in [0.25, 0.3) is 0 Å². The average Bonchev–Trinajstić information content (AvgIpc) is 2.92. The Labute approximate surface area is 133 Å². The van der Waals surface area contributed by atoms with E-state index >= 15 is 0 Å². The fourth-order valence-electron chi connectivity index (χ4n) is 3.08. The molecule has 1 aromatic heterocycles. The first-order valence-electron chi connectivity index (χ1n) is 7.18. The molecular formula is C18H14ClFN2. The Morgan fingerprint density at radius 3 is 2.82 bits per heavy atom. The summed E-state index contributed by atoms with van der Waals surface area (Å²) in [4.78, 5) is 0. The highest BCUT2D eigenvalue weighted by molar-refractivity contribution is 6.31. The fourth-order valence-corrected chi connectivity index (χ4v) is 3.32. The topological polar surface area (TPSA) is 17.0 Å². The third-order valence-electron chi connectivity index (χ3n) is 4.09. The molecule has 1 aliphatic heterocycles. The third-order valence-corrected chi connectivity index (χ3v) is 4.45. The molecule has 2 aromatic carbocycles. The van der Waals surface area contributed by atoms with E-state index in [9.17, 15) is 4.39 Å². The average molecular weight is 313 g/mol. The minimum Gasteiger partial charge on any atom is -0.319 e. The van der Waals surface area contributed by atoms with E-state index in [1.54, 1.807) is 12.1 Å². The number of halogens is 2. The van der Waals surface area contributed by atoms with Crippen LogP contribution in [0.1, 0.15) is 22.9 Å². The lowest BCUT2D eigenvalue weighted by Gasteiger charge is -2.18. The number of nitrogens with one attached hydrogen (secondary N) is 1. The molecule has 1 N–H and O–H groups in total. The van der Waals surface area contributed by atoms with Crippen LogP contribution in [-0.2, 0) is 6.54 Å². The molecule has 0 fully saturated rings. The smallest absolute Gasteiger partial charge is 0.123 e. The molecule has 0 bridgehead atoms. The second-order valence-corrected chi connectivity index (χ2v) is 5.82. The molecule has 4 rings (SSSR count). The molecule has 0 aliphatic carbocycles. The Hall–Kier alpha value is -2.10. The Morgan fingerprint density at radius 2 is 1.95 bits per heavy atom. The van der Waals surface area contributed by atoms with Gasteiger partial charge in [-0.15, -0.1) is 0 Å². The molecule has 0 radical (unpaired) electrons. The van der Waals surface area contributed by atoms with Crippen molar-refractivity contribution in [2.75, 3.05) is 0 Å². The molecule has 22 heavy (non-hydrogen) atoms. The summed E-state index contributed by atoms with van der Waals surface area (Å²) in [6.45, 7) is 0.637. The zero-order chi connectivity index (χ0) is 15.1. The Balaban J connectivity index is 1.89. The van der Waals surface area contributed by atoms with Crippen LogP contribution in [-0.4, -0.2) is 4.57 Å². The third kappa shape index (κ3) is 2.14. The maximum Gasteiger partial charge on any atom is 0.123 e. The van der Waals surface area contributed by atoms with Gasteiger partial charge in [0.1, 0.15) is 5.82 Å². The van der Waals surface area contributed by atoms with E-state index in [1.165, 1.54) is 6.07 Å². The van der Waals surface area contributed by atoms with Crippen LogP contribution in [0.4, 0.5) is 4.39 Å². The van der Waals surface area contributed by atoms with Crippen LogP contribution in [0.15, 0.2) is 60.8 Å². The van der Waals surface area contributed by atoms with Gasteiger partial charge in [-0.25, -0.2) is 4.39 Å². The van der Waals surface area contributed by atoms with Gasteiger partial charge in [-0.05, 0) is 42.0 Å². The van der Waals surface area contributed by atoms with Gasteiger partial charge in [0.2, 0.25) is 0 Å². The number of rotatable bonds is 1. The first kappa shape index (κ1) is 13.6. The van der Waals surface area contributed by atoms with Gasteiger partial charge >= 0.3 is 0 Å². The predicted molar refractivity (Wildman–Crippen MR) is 85.9 cm³/mol. The van der Waals surface area contributed by atoms with Gasteiger partial charge < -0.3 is 9.88 Å². The normalized spacial score (nSPS) is 16.7. The van der Waals surface area contributed by atoms with Gasteiger partial charge in [-0.1, -0.05) is 29.8 Å². The first-order chi connectivity index (χ1) is 10.7. The first-order valence-corrected chi connectivity index (χ1v) is 7.56. The molecule has 110 valence electrons. The van der Waals surface area contributed by atoms with E-state index in [0.29, 0.717) is 6.54 Å². The van der Waals surface area contributed by atoms with Gasteiger partial charge in [0.05, 0.1) is 11.7 Å². The summed E-state index contributed by atoms with van der Waals surface area (Å²) in [5, 5.41) is 4.23. The molecule has 1 unspecified atom stereocenters. The molecule has 1 atom stereocenters. The molecule has 1 aliphatic rings. The Kier molecular flexibility index (Phi) is 3.25. The highest BCUT2D eigenvalue weighted by Gasteiger charge is 2.24. The number of aromatic nitrogens is 1. The summed E-state index contributed by atoms with van der Waals surface area (Å²) < 4.78 is 15.7. The van der Waals surface area contributed by atoms with E-state index in [4.69, 9.17) is 11.6 Å². The molecule has 2 heterocycles. The molecule has 0 saturated heterocycles. The summed E-state index contributed by atoms with van der Waals surface area (Å²) >= 11 is 6.35. The van der Waals surface area contributed by atoms with Crippen molar-refractivity contribution >= 4 is 11.6 Å². The second-order valence-electron chi connectivity index (χ2n) is 5.41. The molecule has 4 heteroatoms. The Bertz CT molecular complexity index is 841. The minimum absolute atomic E-state index is 0.0748. The summed E-state index contributed by atoms with van der Waals surface area (Å²) in [6, 6.07) is 16.6. The highest BCUT2D eigenvalue weighted by Crippen LogP contribution is 2.33. The molecular weight excluding hydrogens is 299 g/mol. The molecule has 2 nitrogen and oxygen atoms in total. The van der Waals surface area contributed by atoms with Crippen molar-refractivity contribution in [2.45, 2.75) is 12.6 Å². The summed E-state index contributed by atoms with van der Waals surface area (Å²) in [5.74, 6) is -0.225. The van der Waals surface area contributed by atoms with Crippen LogP contribution >= 0.6 is 11.6 Å². The predicted octanol–water partition coefficient (Wildman–Crippen LogP) is 4.46. The van der Waals surface area contributed by atoms with Crippen LogP contribution in [0.2, 0.25) is 5.02 Å². The zero-order valence-corrected chi connectivity index (χ0v) is 12.5. The van der Waals surface area contributed by atoms with Gasteiger partial charge in [-0.2, -0.15) is 0 Å². The second kappa shape index (κ2) is 5.27. The summed E-state index contributed by atoms with van der Waals surface area (Å²) in [7, 11) is 0. The van der Waals surface area contributed by atoms with E-state index < -0.39 is 0 Å². The van der Waals surface area contributed by atoms with Gasteiger partial charge in [-0.3, -0.25) is 0 Å². The lowest BCUT2D eigenvalue weighted by molar-refractivity contribution is 0.586. The molecule has 3 aromatic rings. The summed E-state index contributed by atoms with van der Waals surface area (Å²) in [6.07, 6.45) is 2.02. The maximum absolute atomic E-state index is 13.6. The standard InChI is InChI=1S/C18H14ClFN2/c19-15-6-2-7-16-14(15)11-21-18(17-8-3-9-22(16)17)12-4-1-5-13(20)10-12/h1-10,18,21H,11H2. The zero-order valence-electron chi connectivity index (χ0n) is 11.8. The summed E-state index contributed by atoms with van der Waals surface area (Å²) in [5.41, 5.74) is 4.11. The minimum atomic E-state index is -0.225. The van der Waals surface area contributed by atoms with Crippen LogP contribution in [0.3, 0.4) is 0 Å². The van der Waals surface area contributed by atoms with Crippen LogP contribution in [0.25, 0.3) is 5.69 Å². The number of hydrogen-bond donors (Lipinski definition) is 1. The van der Waals surface area contributed by atoms with Crippen molar-refractivity contribution in [3.63, 3.8) is 0 Å².